The molecule has 2 rings (SSSR count). The van der Waals surface area contributed by atoms with E-state index >= 15 is 0 Å². The number of hydrogen-bond acceptors (Lipinski definition) is 5. The van der Waals surface area contributed by atoms with Gasteiger partial charge in [0.25, 0.3) is 0 Å². The molecule has 0 spiro atoms. The van der Waals surface area contributed by atoms with E-state index in [-0.39, 0.29) is 4.90 Å². The van der Waals surface area contributed by atoms with Crippen LogP contribution in [0.2, 0.25) is 0 Å². The number of aromatic nitrogens is 1. The average molecular weight is 256 g/mol. The van der Waals surface area contributed by atoms with Crippen molar-refractivity contribution in [2.75, 3.05) is 24.2 Å². The summed E-state index contributed by atoms with van der Waals surface area (Å²) >= 11 is 0. The predicted octanol–water partition coefficient (Wildman–Crippen LogP) is 0.446. The first-order valence-electron chi connectivity index (χ1n) is 5.56. The Morgan fingerprint density at radius 2 is 2.29 bits per heavy atom. The predicted molar refractivity (Wildman–Crippen MR) is 64.8 cm³/mol. The van der Waals surface area contributed by atoms with Crippen LogP contribution in [-0.2, 0) is 9.84 Å². The van der Waals surface area contributed by atoms with Gasteiger partial charge in [0.1, 0.15) is 10.7 Å². The molecule has 0 aromatic carbocycles. The summed E-state index contributed by atoms with van der Waals surface area (Å²) in [6.45, 7) is 1.18. The summed E-state index contributed by atoms with van der Waals surface area (Å²) in [5.41, 5.74) is 0. The summed E-state index contributed by atoms with van der Waals surface area (Å²) in [7, 11) is -3.29. The fourth-order valence-electron chi connectivity index (χ4n) is 2.06. The highest BCUT2D eigenvalue weighted by atomic mass is 32.2. The SMILES string of the molecule is CS(=O)(=O)c1cccnc1N1CCC[C@H](O)C1. The third-order valence-electron chi connectivity index (χ3n) is 2.85. The molecule has 1 aliphatic rings. The zero-order valence-corrected chi connectivity index (χ0v) is 10.5. The van der Waals surface area contributed by atoms with Crippen LogP contribution < -0.4 is 4.90 Å². The van der Waals surface area contributed by atoms with Crippen molar-refractivity contribution < 1.29 is 13.5 Å². The highest BCUT2D eigenvalue weighted by molar-refractivity contribution is 7.90. The summed E-state index contributed by atoms with van der Waals surface area (Å²) in [5.74, 6) is 0.453. The molecule has 1 atom stereocenters. The lowest BCUT2D eigenvalue weighted by atomic mass is 10.1. The number of anilines is 1. The first kappa shape index (κ1) is 12.3. The van der Waals surface area contributed by atoms with E-state index in [1.807, 2.05) is 4.90 Å². The van der Waals surface area contributed by atoms with E-state index in [2.05, 4.69) is 4.98 Å². The second kappa shape index (κ2) is 4.62. The molecule has 17 heavy (non-hydrogen) atoms. The van der Waals surface area contributed by atoms with Crippen LogP contribution in [-0.4, -0.2) is 44.0 Å². The van der Waals surface area contributed by atoms with Crippen molar-refractivity contribution in [3.63, 3.8) is 0 Å². The van der Waals surface area contributed by atoms with Gasteiger partial charge in [0.05, 0.1) is 6.10 Å². The zero-order valence-electron chi connectivity index (χ0n) is 9.70. The molecule has 0 radical (unpaired) electrons. The maximum atomic E-state index is 11.6. The van der Waals surface area contributed by atoms with Crippen LogP contribution >= 0.6 is 0 Å². The van der Waals surface area contributed by atoms with Gasteiger partial charge in [-0.25, -0.2) is 13.4 Å². The number of nitrogens with zero attached hydrogens (tertiary/aromatic N) is 2. The van der Waals surface area contributed by atoms with Crippen molar-refractivity contribution in [3.8, 4) is 0 Å². The van der Waals surface area contributed by atoms with Gasteiger partial charge in [0.15, 0.2) is 9.84 Å². The molecule has 0 aliphatic carbocycles. The Morgan fingerprint density at radius 3 is 2.94 bits per heavy atom. The van der Waals surface area contributed by atoms with Crippen LogP contribution in [0.1, 0.15) is 12.8 Å². The fourth-order valence-corrected chi connectivity index (χ4v) is 2.90. The molecule has 0 saturated carbocycles. The number of aliphatic hydroxyl groups is 1. The van der Waals surface area contributed by atoms with Crippen LogP contribution in [0.15, 0.2) is 23.2 Å². The molecule has 1 N–H and O–H groups in total. The van der Waals surface area contributed by atoms with Crippen LogP contribution in [0.25, 0.3) is 0 Å². The van der Waals surface area contributed by atoms with E-state index in [1.54, 1.807) is 18.3 Å². The number of hydrogen-bond donors (Lipinski definition) is 1. The monoisotopic (exact) mass is 256 g/mol. The molecule has 94 valence electrons. The van der Waals surface area contributed by atoms with Crippen molar-refractivity contribution in [3.05, 3.63) is 18.3 Å². The molecule has 0 bridgehead atoms. The lowest BCUT2D eigenvalue weighted by Crippen LogP contribution is -2.39. The molecular weight excluding hydrogens is 240 g/mol. The van der Waals surface area contributed by atoms with Crippen molar-refractivity contribution >= 4 is 15.7 Å². The summed E-state index contributed by atoms with van der Waals surface area (Å²) in [6.07, 6.45) is 3.95. The summed E-state index contributed by atoms with van der Waals surface area (Å²) in [5, 5.41) is 9.62. The quantitative estimate of drug-likeness (QED) is 0.831. The lowest BCUT2D eigenvalue weighted by molar-refractivity contribution is 0.153. The van der Waals surface area contributed by atoms with Gasteiger partial charge in [0.2, 0.25) is 0 Å². The summed E-state index contributed by atoms with van der Waals surface area (Å²) in [6, 6.07) is 3.17. The number of piperidine rings is 1. The van der Waals surface area contributed by atoms with E-state index in [0.717, 1.165) is 19.4 Å². The molecule has 0 unspecified atom stereocenters. The van der Waals surface area contributed by atoms with E-state index in [1.165, 1.54) is 6.26 Å². The van der Waals surface area contributed by atoms with E-state index < -0.39 is 15.9 Å². The molecule has 0 amide bonds. The number of pyridine rings is 1. The number of aliphatic hydroxyl groups excluding tert-OH is 1. The second-order valence-electron chi connectivity index (χ2n) is 4.34. The first-order valence-corrected chi connectivity index (χ1v) is 7.46. The number of β-amino-alcohol motifs (C(OH)–C–C–N with tert-alkyl or cyclic N) is 1. The van der Waals surface area contributed by atoms with Gasteiger partial charge >= 0.3 is 0 Å². The van der Waals surface area contributed by atoms with Crippen LogP contribution in [0, 0.1) is 0 Å². The Hall–Kier alpha value is -1.14. The van der Waals surface area contributed by atoms with Crippen molar-refractivity contribution in [1.82, 2.24) is 4.98 Å². The molecular formula is C11H16N2O3S. The van der Waals surface area contributed by atoms with Gasteiger partial charge in [-0.3, -0.25) is 0 Å². The Balaban J connectivity index is 2.38. The van der Waals surface area contributed by atoms with Gasteiger partial charge in [-0.2, -0.15) is 0 Å². The smallest absolute Gasteiger partial charge is 0.179 e. The Bertz CT molecular complexity index is 501. The van der Waals surface area contributed by atoms with E-state index in [9.17, 15) is 13.5 Å². The Labute approximate surface area is 101 Å². The highest BCUT2D eigenvalue weighted by Gasteiger charge is 2.23. The molecule has 1 aromatic rings. The van der Waals surface area contributed by atoms with Gasteiger partial charge < -0.3 is 10.0 Å². The van der Waals surface area contributed by atoms with Crippen LogP contribution in [0.5, 0.6) is 0 Å². The molecule has 6 heteroatoms. The van der Waals surface area contributed by atoms with Crippen molar-refractivity contribution in [2.24, 2.45) is 0 Å². The van der Waals surface area contributed by atoms with Crippen molar-refractivity contribution in [1.29, 1.82) is 0 Å². The fraction of sp³-hybridized carbons (Fsp3) is 0.545. The molecule has 1 aliphatic heterocycles. The van der Waals surface area contributed by atoms with Gasteiger partial charge in [0, 0.05) is 25.5 Å². The minimum atomic E-state index is -3.29. The summed E-state index contributed by atoms with van der Waals surface area (Å²) < 4.78 is 23.3. The maximum absolute atomic E-state index is 11.6. The first-order chi connectivity index (χ1) is 7.98. The number of rotatable bonds is 2. The molecule has 1 aromatic heterocycles. The standard InChI is InChI=1S/C11H16N2O3S/c1-17(15,16)10-5-2-6-12-11(10)13-7-3-4-9(14)8-13/h2,5-6,9,14H,3-4,7-8H2,1H3/t9-/m0/s1. The van der Waals surface area contributed by atoms with Crippen LogP contribution in [0.3, 0.4) is 0 Å². The van der Waals surface area contributed by atoms with E-state index in [4.69, 9.17) is 0 Å². The third kappa shape index (κ3) is 2.76. The van der Waals surface area contributed by atoms with Crippen molar-refractivity contribution in [2.45, 2.75) is 23.8 Å². The topological polar surface area (TPSA) is 70.5 Å². The normalized spacial score (nSPS) is 21.5. The number of sulfone groups is 1. The van der Waals surface area contributed by atoms with Gasteiger partial charge in [-0.05, 0) is 25.0 Å². The van der Waals surface area contributed by atoms with Gasteiger partial charge in [-0.15, -0.1) is 0 Å². The largest absolute Gasteiger partial charge is 0.391 e. The highest BCUT2D eigenvalue weighted by Crippen LogP contribution is 2.25. The average Bonchev–Trinajstić information content (AvgIpc) is 2.28. The molecule has 1 fully saturated rings. The lowest BCUT2D eigenvalue weighted by Gasteiger charge is -2.31. The molecule has 2 heterocycles. The van der Waals surface area contributed by atoms with E-state index in [0.29, 0.717) is 12.4 Å². The van der Waals surface area contributed by atoms with Gasteiger partial charge in [-0.1, -0.05) is 0 Å². The minimum Gasteiger partial charge on any atom is -0.391 e. The van der Waals surface area contributed by atoms with Crippen LogP contribution in [0.4, 0.5) is 5.82 Å². The zero-order chi connectivity index (χ0) is 12.5. The summed E-state index contributed by atoms with van der Waals surface area (Å²) in [4.78, 5) is 6.21. The Morgan fingerprint density at radius 1 is 1.53 bits per heavy atom. The molecule has 5 nitrogen and oxygen atoms in total. The Kier molecular flexibility index (Phi) is 3.35. The maximum Gasteiger partial charge on any atom is 0.179 e. The minimum absolute atomic E-state index is 0.231. The third-order valence-corrected chi connectivity index (χ3v) is 3.96. The second-order valence-corrected chi connectivity index (χ2v) is 6.32. The molecule has 1 saturated heterocycles.